The van der Waals surface area contributed by atoms with Crippen molar-refractivity contribution in [1.29, 1.82) is 0 Å². The molecule has 0 saturated heterocycles. The van der Waals surface area contributed by atoms with Gasteiger partial charge in [0.05, 0.1) is 12.0 Å². The minimum absolute atomic E-state index is 0.0211. The van der Waals surface area contributed by atoms with Crippen LogP contribution in [0.2, 0.25) is 0 Å². The van der Waals surface area contributed by atoms with Crippen molar-refractivity contribution in [2.45, 2.75) is 19.8 Å². The van der Waals surface area contributed by atoms with E-state index in [0.717, 1.165) is 40.7 Å². The number of imidazole rings is 1. The number of aromatic nitrogens is 3. The number of aromatic amines is 1. The van der Waals surface area contributed by atoms with Crippen LogP contribution in [0, 0.1) is 12.8 Å². The zero-order chi connectivity index (χ0) is 14.6. The van der Waals surface area contributed by atoms with Gasteiger partial charge >= 0.3 is 0 Å². The van der Waals surface area contributed by atoms with Crippen molar-refractivity contribution in [3.63, 3.8) is 0 Å². The number of Topliss-reactive ketones (excluding diaryl/α,β-unsaturated/α-hetero) is 1. The van der Waals surface area contributed by atoms with Gasteiger partial charge < -0.3 is 9.55 Å². The Morgan fingerprint density at radius 2 is 2.19 bits per heavy atom. The van der Waals surface area contributed by atoms with E-state index in [2.05, 4.69) is 27.6 Å². The molecule has 0 aliphatic heterocycles. The lowest BCUT2D eigenvalue weighted by Gasteiger charge is -2.08. The summed E-state index contributed by atoms with van der Waals surface area (Å²) in [6.07, 6.45) is 3.23. The zero-order valence-corrected chi connectivity index (χ0v) is 12.2. The van der Waals surface area contributed by atoms with Crippen LogP contribution in [0.15, 0.2) is 30.6 Å². The van der Waals surface area contributed by atoms with Crippen LogP contribution >= 0.6 is 0 Å². The van der Waals surface area contributed by atoms with Gasteiger partial charge in [0.1, 0.15) is 0 Å². The third-order valence-electron chi connectivity index (χ3n) is 4.66. The molecule has 106 valence electrons. The van der Waals surface area contributed by atoms with Crippen LogP contribution < -0.4 is 0 Å². The molecule has 0 radical (unpaired) electrons. The summed E-state index contributed by atoms with van der Waals surface area (Å²) in [5.41, 5.74) is 5.30. The molecule has 1 N–H and O–H groups in total. The normalized spacial score (nSPS) is 17.6. The number of nitrogens with zero attached hydrogens (tertiary/aromatic N) is 2. The summed E-state index contributed by atoms with van der Waals surface area (Å²) in [6, 6.07) is 8.15. The lowest BCUT2D eigenvalue weighted by atomic mass is 9.97. The second kappa shape index (κ2) is 4.32. The van der Waals surface area contributed by atoms with Crippen LogP contribution in [0.3, 0.4) is 0 Å². The van der Waals surface area contributed by atoms with Gasteiger partial charge in [0, 0.05) is 47.2 Å². The molecule has 1 aliphatic carbocycles. The molecule has 1 aliphatic rings. The molecule has 2 heterocycles. The Bertz CT molecular complexity index is 856. The first-order chi connectivity index (χ1) is 10.2. The number of benzene rings is 1. The highest BCUT2D eigenvalue weighted by atomic mass is 16.1. The van der Waals surface area contributed by atoms with Gasteiger partial charge in [0.15, 0.2) is 5.78 Å². The molecule has 21 heavy (non-hydrogen) atoms. The first-order valence-corrected chi connectivity index (χ1v) is 7.26. The number of carbonyl (C=O) groups is 1. The average molecular weight is 279 g/mol. The van der Waals surface area contributed by atoms with E-state index >= 15 is 0 Å². The van der Waals surface area contributed by atoms with Gasteiger partial charge in [-0.1, -0.05) is 18.2 Å². The van der Waals surface area contributed by atoms with E-state index in [9.17, 15) is 4.79 Å². The maximum Gasteiger partial charge on any atom is 0.169 e. The summed E-state index contributed by atoms with van der Waals surface area (Å²) in [5, 5.41) is 1.08. The zero-order valence-electron chi connectivity index (χ0n) is 12.2. The Morgan fingerprint density at radius 3 is 2.95 bits per heavy atom. The van der Waals surface area contributed by atoms with Gasteiger partial charge in [0.25, 0.3) is 0 Å². The fourth-order valence-electron chi connectivity index (χ4n) is 3.48. The summed E-state index contributed by atoms with van der Waals surface area (Å²) in [6.45, 7) is 2.00. The number of carbonyl (C=O) groups excluding carboxylic acids is 1. The van der Waals surface area contributed by atoms with Gasteiger partial charge in [-0.3, -0.25) is 4.79 Å². The molecule has 4 nitrogen and oxygen atoms in total. The third-order valence-corrected chi connectivity index (χ3v) is 4.66. The first-order valence-electron chi connectivity index (χ1n) is 7.26. The molecular formula is C17H17N3O. The number of para-hydroxylation sites is 1. The molecule has 1 unspecified atom stereocenters. The van der Waals surface area contributed by atoms with E-state index in [1.807, 2.05) is 25.1 Å². The van der Waals surface area contributed by atoms with Crippen molar-refractivity contribution in [3.8, 4) is 0 Å². The van der Waals surface area contributed by atoms with Gasteiger partial charge in [-0.2, -0.15) is 0 Å². The van der Waals surface area contributed by atoms with Crippen molar-refractivity contribution >= 4 is 16.7 Å². The minimum Gasteiger partial charge on any atom is -0.348 e. The largest absolute Gasteiger partial charge is 0.348 e. The van der Waals surface area contributed by atoms with Crippen LogP contribution in [0.25, 0.3) is 10.9 Å². The quantitative estimate of drug-likeness (QED) is 0.784. The number of fused-ring (bicyclic) bond motifs is 3. The van der Waals surface area contributed by atoms with E-state index in [1.54, 1.807) is 6.33 Å². The number of hydrogen-bond acceptors (Lipinski definition) is 2. The van der Waals surface area contributed by atoms with Crippen molar-refractivity contribution in [1.82, 2.24) is 14.5 Å². The number of rotatable bonds is 2. The average Bonchev–Trinajstić information content (AvgIpc) is 3.11. The van der Waals surface area contributed by atoms with E-state index < -0.39 is 0 Å². The molecule has 0 spiro atoms. The SMILES string of the molecule is Cc1[nH]cnc1CC1Cc2c(c3ccccc3n2C)C1=O. The van der Waals surface area contributed by atoms with E-state index in [4.69, 9.17) is 0 Å². The van der Waals surface area contributed by atoms with Gasteiger partial charge in [-0.15, -0.1) is 0 Å². The molecule has 0 bridgehead atoms. The minimum atomic E-state index is 0.0211. The van der Waals surface area contributed by atoms with Gasteiger partial charge in [0.2, 0.25) is 0 Å². The Balaban J connectivity index is 1.76. The highest BCUT2D eigenvalue weighted by Crippen LogP contribution is 2.36. The topological polar surface area (TPSA) is 50.7 Å². The van der Waals surface area contributed by atoms with Crippen molar-refractivity contribution in [2.24, 2.45) is 13.0 Å². The van der Waals surface area contributed by atoms with Crippen LogP contribution in [0.4, 0.5) is 0 Å². The highest BCUT2D eigenvalue weighted by molar-refractivity contribution is 6.12. The molecular weight excluding hydrogens is 262 g/mol. The summed E-state index contributed by atoms with van der Waals surface area (Å²) in [4.78, 5) is 20.2. The molecule has 4 rings (SSSR count). The Kier molecular flexibility index (Phi) is 2.55. The van der Waals surface area contributed by atoms with Crippen molar-refractivity contribution < 1.29 is 4.79 Å². The molecule has 1 aromatic carbocycles. The number of H-pyrrole nitrogens is 1. The second-order valence-electron chi connectivity index (χ2n) is 5.84. The number of hydrogen-bond donors (Lipinski definition) is 1. The fraction of sp³-hybridized carbons (Fsp3) is 0.294. The maximum absolute atomic E-state index is 12.8. The number of ketones is 1. The van der Waals surface area contributed by atoms with Crippen LogP contribution in [-0.2, 0) is 19.9 Å². The fourth-order valence-corrected chi connectivity index (χ4v) is 3.48. The predicted octanol–water partition coefficient (Wildman–Crippen LogP) is 2.81. The van der Waals surface area contributed by atoms with Crippen LogP contribution in [0.5, 0.6) is 0 Å². The van der Waals surface area contributed by atoms with Gasteiger partial charge in [-0.25, -0.2) is 4.98 Å². The summed E-state index contributed by atoms with van der Waals surface area (Å²) in [5.74, 6) is 0.289. The summed E-state index contributed by atoms with van der Waals surface area (Å²) in [7, 11) is 2.05. The molecule has 0 amide bonds. The molecule has 0 saturated carbocycles. The van der Waals surface area contributed by atoms with Crippen molar-refractivity contribution in [3.05, 3.63) is 53.2 Å². The van der Waals surface area contributed by atoms with Crippen LogP contribution in [-0.4, -0.2) is 20.3 Å². The third kappa shape index (κ3) is 1.68. The first kappa shape index (κ1) is 12.4. The van der Waals surface area contributed by atoms with Gasteiger partial charge in [-0.05, 0) is 19.4 Å². The summed E-state index contributed by atoms with van der Waals surface area (Å²) < 4.78 is 2.17. The Hall–Kier alpha value is -2.36. The van der Waals surface area contributed by atoms with Crippen molar-refractivity contribution in [2.75, 3.05) is 0 Å². The predicted molar refractivity (Wildman–Crippen MR) is 81.5 cm³/mol. The second-order valence-corrected chi connectivity index (χ2v) is 5.84. The molecule has 2 aromatic heterocycles. The van der Waals surface area contributed by atoms with E-state index in [-0.39, 0.29) is 11.7 Å². The molecule has 1 atom stereocenters. The van der Waals surface area contributed by atoms with E-state index in [0.29, 0.717) is 0 Å². The smallest absolute Gasteiger partial charge is 0.169 e. The molecule has 4 heteroatoms. The summed E-state index contributed by atoms with van der Waals surface area (Å²) >= 11 is 0. The lowest BCUT2D eigenvalue weighted by molar-refractivity contribution is 0.0937. The Morgan fingerprint density at radius 1 is 1.38 bits per heavy atom. The molecule has 3 aromatic rings. The van der Waals surface area contributed by atoms with E-state index in [1.165, 1.54) is 5.69 Å². The standard InChI is InChI=1S/C17H17N3O/c1-10-13(19-9-18-10)7-11-8-15-16(17(11)21)12-5-3-4-6-14(12)20(15)2/h3-6,9,11H,7-8H2,1-2H3,(H,18,19). The number of nitrogens with one attached hydrogen (secondary N) is 1. The highest BCUT2D eigenvalue weighted by Gasteiger charge is 2.35. The number of aryl methyl sites for hydroxylation is 2. The Labute approximate surface area is 122 Å². The maximum atomic E-state index is 12.8. The van der Waals surface area contributed by atoms with Crippen LogP contribution in [0.1, 0.15) is 27.4 Å². The lowest BCUT2D eigenvalue weighted by Crippen LogP contribution is -2.14. The monoisotopic (exact) mass is 279 g/mol. The molecule has 0 fully saturated rings.